The minimum absolute atomic E-state index is 0.0560. The topological polar surface area (TPSA) is 125 Å². The molecule has 0 fully saturated rings. The average Bonchev–Trinajstić information content (AvgIpc) is 2.96. The van der Waals surface area contributed by atoms with Crippen molar-refractivity contribution in [1.82, 2.24) is 19.5 Å². The molecule has 0 saturated carbocycles. The minimum atomic E-state index is -1.01. The molecule has 146 valence electrons. The standard InChI is InChI=1S/C18H13F2N7O2/c1-9-22-14-6-12(19)13(20)7-15(14)26(9)17-8-16(21)24-18(25-17)23-10-2-4-11(5-3-10)27(28)29/h2-8H,1H3,(H3,21,23,24,25). The second-order valence-electron chi connectivity index (χ2n) is 6.15. The number of fused-ring (bicyclic) bond motifs is 1. The van der Waals surface area contributed by atoms with Gasteiger partial charge in [-0.2, -0.15) is 9.97 Å². The van der Waals surface area contributed by atoms with Gasteiger partial charge in [-0.1, -0.05) is 0 Å². The lowest BCUT2D eigenvalue weighted by molar-refractivity contribution is -0.384. The highest BCUT2D eigenvalue weighted by atomic mass is 19.2. The van der Waals surface area contributed by atoms with Crippen molar-refractivity contribution in [3.8, 4) is 5.82 Å². The number of nitrogens with one attached hydrogen (secondary N) is 1. The number of nitro groups is 1. The Labute approximate surface area is 162 Å². The van der Waals surface area contributed by atoms with Crippen molar-refractivity contribution in [1.29, 1.82) is 0 Å². The largest absolute Gasteiger partial charge is 0.383 e. The molecule has 0 aliphatic heterocycles. The smallest absolute Gasteiger partial charge is 0.269 e. The number of benzene rings is 2. The Hall–Kier alpha value is -4.15. The number of hydrogen-bond donors (Lipinski definition) is 2. The molecule has 0 unspecified atom stereocenters. The van der Waals surface area contributed by atoms with Gasteiger partial charge >= 0.3 is 0 Å². The molecule has 0 amide bonds. The van der Waals surface area contributed by atoms with Crippen LogP contribution < -0.4 is 11.1 Å². The maximum Gasteiger partial charge on any atom is 0.269 e. The summed E-state index contributed by atoms with van der Waals surface area (Å²) in [6, 6.07) is 9.18. The van der Waals surface area contributed by atoms with Crippen LogP contribution >= 0.6 is 0 Å². The highest BCUT2D eigenvalue weighted by Gasteiger charge is 2.16. The van der Waals surface area contributed by atoms with E-state index in [1.807, 2.05) is 0 Å². The van der Waals surface area contributed by atoms with Crippen molar-refractivity contribution in [2.45, 2.75) is 6.92 Å². The first-order chi connectivity index (χ1) is 13.8. The Morgan fingerprint density at radius 3 is 2.45 bits per heavy atom. The zero-order valence-electron chi connectivity index (χ0n) is 14.9. The van der Waals surface area contributed by atoms with E-state index in [2.05, 4.69) is 20.3 Å². The summed E-state index contributed by atoms with van der Waals surface area (Å²) in [4.78, 5) is 22.9. The van der Waals surface area contributed by atoms with Gasteiger partial charge in [-0.3, -0.25) is 14.7 Å². The number of anilines is 3. The van der Waals surface area contributed by atoms with Crippen LogP contribution in [0.15, 0.2) is 42.5 Å². The maximum atomic E-state index is 13.8. The third-order valence-electron chi connectivity index (χ3n) is 4.16. The fourth-order valence-electron chi connectivity index (χ4n) is 2.90. The number of hydrogen-bond acceptors (Lipinski definition) is 7. The number of nitrogens with two attached hydrogens (primary N) is 1. The van der Waals surface area contributed by atoms with Gasteiger partial charge in [-0.15, -0.1) is 0 Å². The average molecular weight is 397 g/mol. The summed E-state index contributed by atoms with van der Waals surface area (Å²) in [6.45, 7) is 1.66. The molecule has 0 spiro atoms. The predicted octanol–water partition coefficient (Wildman–Crippen LogP) is 3.64. The van der Waals surface area contributed by atoms with E-state index in [1.54, 1.807) is 6.92 Å². The van der Waals surface area contributed by atoms with E-state index in [-0.39, 0.29) is 23.0 Å². The molecule has 2 aromatic heterocycles. The number of imidazole rings is 1. The van der Waals surface area contributed by atoms with Gasteiger partial charge in [0, 0.05) is 36.0 Å². The lowest BCUT2D eigenvalue weighted by Gasteiger charge is -2.10. The number of aryl methyl sites for hydroxylation is 1. The first-order valence-electron chi connectivity index (χ1n) is 8.32. The van der Waals surface area contributed by atoms with E-state index < -0.39 is 16.6 Å². The number of aromatic nitrogens is 4. The van der Waals surface area contributed by atoms with Crippen LogP contribution in [-0.2, 0) is 0 Å². The molecule has 0 radical (unpaired) electrons. The summed E-state index contributed by atoms with van der Waals surface area (Å²) < 4.78 is 28.8. The molecule has 9 nitrogen and oxygen atoms in total. The summed E-state index contributed by atoms with van der Waals surface area (Å²) in [5.74, 6) is -1.01. The van der Waals surface area contributed by atoms with Crippen LogP contribution in [0.5, 0.6) is 0 Å². The van der Waals surface area contributed by atoms with Gasteiger partial charge in [-0.05, 0) is 19.1 Å². The van der Waals surface area contributed by atoms with E-state index in [1.165, 1.54) is 34.9 Å². The highest BCUT2D eigenvalue weighted by Crippen LogP contribution is 2.25. The fourth-order valence-corrected chi connectivity index (χ4v) is 2.90. The van der Waals surface area contributed by atoms with Gasteiger partial charge < -0.3 is 11.1 Å². The Bertz CT molecular complexity index is 1260. The summed E-state index contributed by atoms with van der Waals surface area (Å²) >= 11 is 0. The first kappa shape index (κ1) is 18.2. The van der Waals surface area contributed by atoms with Crippen LogP contribution in [-0.4, -0.2) is 24.4 Å². The molecule has 2 heterocycles. The Kier molecular flexibility index (Phi) is 4.26. The van der Waals surface area contributed by atoms with Crippen LogP contribution in [0.1, 0.15) is 5.82 Å². The monoisotopic (exact) mass is 397 g/mol. The second kappa shape index (κ2) is 6.78. The summed E-state index contributed by atoms with van der Waals surface area (Å²) in [6.07, 6.45) is 0. The van der Waals surface area contributed by atoms with Gasteiger partial charge in [0.2, 0.25) is 5.95 Å². The molecule has 2 aromatic carbocycles. The summed E-state index contributed by atoms with van der Waals surface area (Å²) in [5.41, 5.74) is 6.92. The van der Waals surface area contributed by atoms with Crippen LogP contribution in [0.2, 0.25) is 0 Å². The molecular formula is C18H13F2N7O2. The van der Waals surface area contributed by atoms with Crippen LogP contribution in [0.4, 0.5) is 31.9 Å². The molecule has 0 aliphatic carbocycles. The molecule has 11 heteroatoms. The molecule has 4 rings (SSSR count). The lowest BCUT2D eigenvalue weighted by Crippen LogP contribution is -2.07. The molecule has 0 saturated heterocycles. The number of nitro benzene ring substituents is 1. The number of nitrogens with zero attached hydrogens (tertiary/aromatic N) is 5. The van der Waals surface area contributed by atoms with E-state index in [4.69, 9.17) is 5.73 Å². The normalized spacial score (nSPS) is 11.0. The van der Waals surface area contributed by atoms with Gasteiger partial charge in [0.05, 0.1) is 16.0 Å². The first-order valence-corrected chi connectivity index (χ1v) is 8.32. The predicted molar refractivity (Wildman–Crippen MR) is 102 cm³/mol. The minimum Gasteiger partial charge on any atom is -0.383 e. The van der Waals surface area contributed by atoms with Crippen molar-refractivity contribution in [3.63, 3.8) is 0 Å². The Morgan fingerprint density at radius 1 is 1.07 bits per heavy atom. The zero-order valence-corrected chi connectivity index (χ0v) is 14.9. The van der Waals surface area contributed by atoms with E-state index >= 15 is 0 Å². The quantitative estimate of drug-likeness (QED) is 0.398. The second-order valence-corrected chi connectivity index (χ2v) is 6.15. The van der Waals surface area contributed by atoms with Gasteiger partial charge in [0.15, 0.2) is 11.6 Å². The van der Waals surface area contributed by atoms with Crippen molar-refractivity contribution in [2.75, 3.05) is 11.1 Å². The molecule has 0 bridgehead atoms. The number of halogens is 2. The molecular weight excluding hydrogens is 384 g/mol. The van der Waals surface area contributed by atoms with Crippen molar-refractivity contribution < 1.29 is 13.7 Å². The van der Waals surface area contributed by atoms with Gasteiger partial charge in [-0.25, -0.2) is 13.8 Å². The molecule has 0 aliphatic rings. The molecule has 3 N–H and O–H groups in total. The third-order valence-corrected chi connectivity index (χ3v) is 4.16. The fraction of sp³-hybridized carbons (Fsp3) is 0.0556. The Balaban J connectivity index is 1.76. The van der Waals surface area contributed by atoms with Crippen LogP contribution in [0.3, 0.4) is 0 Å². The molecule has 4 aromatic rings. The summed E-state index contributed by atoms with van der Waals surface area (Å²) in [7, 11) is 0. The highest BCUT2D eigenvalue weighted by molar-refractivity contribution is 5.78. The lowest BCUT2D eigenvalue weighted by atomic mass is 10.3. The number of nitrogen functional groups attached to an aromatic ring is 1. The van der Waals surface area contributed by atoms with Crippen molar-refractivity contribution in [2.24, 2.45) is 0 Å². The van der Waals surface area contributed by atoms with Crippen LogP contribution in [0.25, 0.3) is 16.9 Å². The molecule has 0 atom stereocenters. The zero-order chi connectivity index (χ0) is 20.7. The van der Waals surface area contributed by atoms with E-state index in [0.29, 0.717) is 22.8 Å². The SMILES string of the molecule is Cc1nc2cc(F)c(F)cc2n1-c1cc(N)nc(Nc2ccc([N+](=O)[O-])cc2)n1. The number of rotatable bonds is 4. The number of non-ortho nitro benzene ring substituents is 1. The van der Waals surface area contributed by atoms with Crippen LogP contribution in [0, 0.1) is 28.7 Å². The molecule has 29 heavy (non-hydrogen) atoms. The van der Waals surface area contributed by atoms with E-state index in [9.17, 15) is 18.9 Å². The van der Waals surface area contributed by atoms with Crippen molar-refractivity contribution in [3.05, 3.63) is 70.0 Å². The van der Waals surface area contributed by atoms with Crippen molar-refractivity contribution >= 4 is 34.2 Å². The summed E-state index contributed by atoms with van der Waals surface area (Å²) in [5, 5.41) is 13.7. The third kappa shape index (κ3) is 3.40. The van der Waals surface area contributed by atoms with E-state index in [0.717, 1.165) is 12.1 Å². The van der Waals surface area contributed by atoms with Gasteiger partial charge in [0.1, 0.15) is 17.5 Å². The maximum absolute atomic E-state index is 13.8. The Morgan fingerprint density at radius 2 is 1.76 bits per heavy atom. The van der Waals surface area contributed by atoms with Gasteiger partial charge in [0.25, 0.3) is 5.69 Å².